The number of piperidine rings is 1. The fraction of sp³-hybridized carbons (Fsp3) is 0.500. The summed E-state index contributed by atoms with van der Waals surface area (Å²) in [4.78, 5) is 21.9. The van der Waals surface area contributed by atoms with E-state index in [1.54, 1.807) is 19.2 Å². The number of rotatable bonds is 10. The summed E-state index contributed by atoms with van der Waals surface area (Å²) in [5, 5.41) is 2.87. The first-order valence-corrected chi connectivity index (χ1v) is 17.8. The van der Waals surface area contributed by atoms with Crippen LogP contribution in [0.4, 0.5) is 5.69 Å². The maximum absolute atomic E-state index is 12.9. The SMILES string of the molecule is CNC(=O)C[C@@H]1CCC[C@H]1C(C)(c1ccccc1)C1CCN(CC2CN(c3ccc(S(=O)(=O)c4ccncc4)cc3)C2)CC1. The van der Waals surface area contributed by atoms with Gasteiger partial charge in [0.25, 0.3) is 0 Å². The van der Waals surface area contributed by atoms with E-state index in [1.165, 1.54) is 55.8 Å². The van der Waals surface area contributed by atoms with Crippen molar-refractivity contribution < 1.29 is 13.2 Å². The number of likely N-dealkylation sites (tertiary alicyclic amines) is 1. The first kappa shape index (κ1) is 30.8. The van der Waals surface area contributed by atoms with Crippen LogP contribution in [0.15, 0.2) is 88.9 Å². The summed E-state index contributed by atoms with van der Waals surface area (Å²) in [7, 11) is -1.77. The molecule has 3 aromatic rings. The van der Waals surface area contributed by atoms with Crippen LogP contribution in [0.5, 0.6) is 0 Å². The van der Waals surface area contributed by atoms with Crippen LogP contribution in [-0.2, 0) is 20.0 Å². The van der Waals surface area contributed by atoms with Crippen molar-refractivity contribution in [2.45, 2.75) is 60.7 Å². The van der Waals surface area contributed by atoms with Gasteiger partial charge in [-0.25, -0.2) is 8.42 Å². The molecule has 3 atom stereocenters. The summed E-state index contributed by atoms with van der Waals surface area (Å²) in [6, 6.07) is 21.5. The molecule has 8 heteroatoms. The Balaban J connectivity index is 1.04. The predicted octanol–water partition coefficient (Wildman–Crippen LogP) is 5.57. The van der Waals surface area contributed by atoms with Gasteiger partial charge in [-0.3, -0.25) is 9.78 Å². The summed E-state index contributed by atoms with van der Waals surface area (Å²) < 4.78 is 25.8. The highest BCUT2D eigenvalue weighted by molar-refractivity contribution is 7.91. The van der Waals surface area contributed by atoms with Crippen molar-refractivity contribution in [3.8, 4) is 0 Å². The van der Waals surface area contributed by atoms with E-state index in [9.17, 15) is 13.2 Å². The Morgan fingerprint density at radius 3 is 2.23 bits per heavy atom. The van der Waals surface area contributed by atoms with Gasteiger partial charge in [0.1, 0.15) is 0 Å². The molecule has 0 radical (unpaired) electrons. The molecule has 0 spiro atoms. The van der Waals surface area contributed by atoms with Crippen LogP contribution in [0, 0.1) is 23.7 Å². The van der Waals surface area contributed by atoms with Crippen LogP contribution < -0.4 is 10.2 Å². The number of hydrogen-bond acceptors (Lipinski definition) is 6. The molecule has 6 rings (SSSR count). The van der Waals surface area contributed by atoms with Gasteiger partial charge in [0.2, 0.25) is 15.7 Å². The second kappa shape index (κ2) is 13.0. The van der Waals surface area contributed by atoms with Gasteiger partial charge in [0.05, 0.1) is 9.79 Å². The Kier molecular flexibility index (Phi) is 9.11. The molecule has 3 aliphatic rings. The molecular formula is C36H46N4O3S. The van der Waals surface area contributed by atoms with Crippen LogP contribution >= 0.6 is 0 Å². The highest BCUT2D eigenvalue weighted by atomic mass is 32.2. The zero-order valence-electron chi connectivity index (χ0n) is 26.1. The third-order valence-corrected chi connectivity index (χ3v) is 12.7. The van der Waals surface area contributed by atoms with Gasteiger partial charge in [-0.05, 0) is 104 Å². The van der Waals surface area contributed by atoms with E-state index in [2.05, 4.69) is 57.4 Å². The summed E-state index contributed by atoms with van der Waals surface area (Å²) in [6.07, 6.45) is 9.62. The van der Waals surface area contributed by atoms with Gasteiger partial charge in [0.15, 0.2) is 0 Å². The Labute approximate surface area is 263 Å². The standard InChI is InChI=1S/C36H46N4O3S/c1-36(29-8-4-3-5-9-29,34-10-6-7-28(34)23-35(41)37-2)30-17-21-39(22-18-30)24-27-25-40(26-27)31-11-13-32(14-12-31)44(42,43)33-15-19-38-20-16-33/h3-5,8-9,11-16,19-20,27-28,30,34H,6-7,10,17-18,21-26H2,1-2H3,(H,37,41)/t28-,34+,36?/m0/s1. The van der Waals surface area contributed by atoms with E-state index >= 15 is 0 Å². The minimum atomic E-state index is -3.53. The van der Waals surface area contributed by atoms with Gasteiger partial charge >= 0.3 is 0 Å². The number of amides is 1. The summed E-state index contributed by atoms with van der Waals surface area (Å²) in [5.41, 5.74) is 2.60. The number of sulfone groups is 1. The lowest BCUT2D eigenvalue weighted by Crippen LogP contribution is -2.53. The molecular weight excluding hydrogens is 568 g/mol. The Bertz CT molecular complexity index is 1500. The van der Waals surface area contributed by atoms with Crippen molar-refractivity contribution in [1.82, 2.24) is 15.2 Å². The van der Waals surface area contributed by atoms with Gasteiger partial charge in [-0.15, -0.1) is 0 Å². The molecule has 1 saturated carbocycles. The second-order valence-electron chi connectivity index (χ2n) is 13.3. The van der Waals surface area contributed by atoms with Crippen LogP contribution in [0.3, 0.4) is 0 Å². The van der Waals surface area contributed by atoms with Crippen molar-refractivity contribution >= 4 is 21.4 Å². The Hall–Kier alpha value is -3.23. The monoisotopic (exact) mass is 614 g/mol. The zero-order valence-corrected chi connectivity index (χ0v) is 26.9. The van der Waals surface area contributed by atoms with E-state index in [-0.39, 0.29) is 16.2 Å². The van der Waals surface area contributed by atoms with E-state index in [0.29, 0.717) is 35.0 Å². The van der Waals surface area contributed by atoms with Crippen LogP contribution in [0.25, 0.3) is 0 Å². The molecule has 3 heterocycles. The van der Waals surface area contributed by atoms with E-state index < -0.39 is 9.84 Å². The summed E-state index contributed by atoms with van der Waals surface area (Å²) >= 11 is 0. The third-order valence-electron chi connectivity index (χ3n) is 10.9. The largest absolute Gasteiger partial charge is 0.371 e. The van der Waals surface area contributed by atoms with Crippen molar-refractivity contribution in [3.05, 3.63) is 84.7 Å². The first-order valence-electron chi connectivity index (χ1n) is 16.3. The molecule has 2 aliphatic heterocycles. The highest BCUT2D eigenvalue weighted by Crippen LogP contribution is 2.53. The van der Waals surface area contributed by atoms with Crippen LogP contribution in [-0.4, -0.2) is 64.0 Å². The quantitative estimate of drug-likeness (QED) is 0.322. The molecule has 1 aliphatic carbocycles. The average Bonchev–Trinajstić information content (AvgIpc) is 3.52. The average molecular weight is 615 g/mol. The normalized spacial score (nSPS) is 23.2. The molecule has 44 heavy (non-hydrogen) atoms. The maximum atomic E-state index is 12.9. The lowest BCUT2D eigenvalue weighted by atomic mass is 9.58. The molecule has 1 N–H and O–H groups in total. The van der Waals surface area contributed by atoms with Crippen LogP contribution in [0.2, 0.25) is 0 Å². The van der Waals surface area contributed by atoms with Gasteiger partial charge in [-0.2, -0.15) is 0 Å². The number of pyridine rings is 1. The maximum Gasteiger partial charge on any atom is 0.220 e. The Morgan fingerprint density at radius 1 is 0.909 bits per heavy atom. The molecule has 2 aromatic carbocycles. The number of anilines is 1. The summed E-state index contributed by atoms with van der Waals surface area (Å²) in [6.45, 7) is 7.87. The molecule has 1 unspecified atom stereocenters. The Morgan fingerprint density at radius 2 is 1.57 bits per heavy atom. The number of benzene rings is 2. The molecule has 1 aromatic heterocycles. The number of carbonyl (C=O) groups is 1. The minimum Gasteiger partial charge on any atom is -0.371 e. The van der Waals surface area contributed by atoms with Gasteiger partial charge in [-0.1, -0.05) is 43.7 Å². The molecule has 2 saturated heterocycles. The zero-order chi connectivity index (χ0) is 30.7. The van der Waals surface area contributed by atoms with Gasteiger partial charge < -0.3 is 15.1 Å². The smallest absolute Gasteiger partial charge is 0.220 e. The summed E-state index contributed by atoms with van der Waals surface area (Å²) in [5.74, 6) is 2.39. The molecule has 0 bridgehead atoms. The molecule has 7 nitrogen and oxygen atoms in total. The van der Waals surface area contributed by atoms with Crippen molar-refractivity contribution in [2.24, 2.45) is 23.7 Å². The molecule has 234 valence electrons. The van der Waals surface area contributed by atoms with Gasteiger partial charge in [0, 0.05) is 57.1 Å². The van der Waals surface area contributed by atoms with E-state index in [1.807, 2.05) is 12.1 Å². The molecule has 3 fully saturated rings. The van der Waals surface area contributed by atoms with E-state index in [0.717, 1.165) is 44.8 Å². The third kappa shape index (κ3) is 6.16. The predicted molar refractivity (Wildman–Crippen MR) is 174 cm³/mol. The number of aromatic nitrogens is 1. The topological polar surface area (TPSA) is 82.6 Å². The van der Waals surface area contributed by atoms with E-state index in [4.69, 9.17) is 0 Å². The lowest BCUT2D eigenvalue weighted by molar-refractivity contribution is -0.122. The van der Waals surface area contributed by atoms with Crippen molar-refractivity contribution in [1.29, 1.82) is 0 Å². The number of carbonyl (C=O) groups excluding carboxylic acids is 1. The molecule has 1 amide bonds. The van der Waals surface area contributed by atoms with Crippen molar-refractivity contribution in [3.63, 3.8) is 0 Å². The van der Waals surface area contributed by atoms with Crippen molar-refractivity contribution in [2.75, 3.05) is 44.7 Å². The minimum absolute atomic E-state index is 0.0762. The van der Waals surface area contributed by atoms with Crippen LogP contribution in [0.1, 0.15) is 51.0 Å². The lowest BCUT2D eigenvalue weighted by Gasteiger charge is -2.50. The fourth-order valence-corrected chi connectivity index (χ4v) is 9.67. The number of nitrogens with one attached hydrogen (secondary N) is 1. The fourth-order valence-electron chi connectivity index (χ4n) is 8.43. The first-order chi connectivity index (χ1) is 21.3. The number of hydrogen-bond donors (Lipinski definition) is 1. The number of nitrogens with zero attached hydrogens (tertiary/aromatic N) is 3. The second-order valence-corrected chi connectivity index (χ2v) is 15.3. The highest BCUT2D eigenvalue weighted by Gasteiger charge is 2.48.